The lowest BCUT2D eigenvalue weighted by atomic mass is 9.85. The van der Waals surface area contributed by atoms with Crippen LogP contribution in [0.25, 0.3) is 0 Å². The van der Waals surface area contributed by atoms with Crippen LogP contribution in [0.5, 0.6) is 0 Å². The first-order valence-corrected chi connectivity index (χ1v) is 6.02. The molecule has 0 aliphatic heterocycles. The van der Waals surface area contributed by atoms with E-state index in [1.54, 1.807) is 0 Å². The van der Waals surface area contributed by atoms with E-state index in [4.69, 9.17) is 5.26 Å². The average Bonchev–Trinajstić information content (AvgIpc) is 2.33. The second-order valence-corrected chi connectivity index (χ2v) is 4.64. The van der Waals surface area contributed by atoms with Crippen molar-refractivity contribution in [2.75, 3.05) is 5.32 Å². The third kappa shape index (κ3) is 2.55. The van der Waals surface area contributed by atoms with Gasteiger partial charge in [0.05, 0.1) is 12.0 Å². The minimum Gasteiger partial charge on any atom is -0.381 e. The van der Waals surface area contributed by atoms with Crippen LogP contribution in [0.3, 0.4) is 0 Å². The van der Waals surface area contributed by atoms with Crippen molar-refractivity contribution in [3.63, 3.8) is 0 Å². The first kappa shape index (κ1) is 11.0. The first-order chi connectivity index (χ1) is 7.79. The van der Waals surface area contributed by atoms with E-state index in [9.17, 15) is 0 Å². The van der Waals surface area contributed by atoms with Crippen LogP contribution < -0.4 is 5.32 Å². The molecule has 0 bridgehead atoms. The fourth-order valence-corrected chi connectivity index (χ4v) is 2.32. The van der Waals surface area contributed by atoms with Gasteiger partial charge < -0.3 is 5.32 Å². The van der Waals surface area contributed by atoms with E-state index in [2.05, 4.69) is 42.6 Å². The Morgan fingerprint density at radius 1 is 1.19 bits per heavy atom. The van der Waals surface area contributed by atoms with Crippen molar-refractivity contribution in [1.82, 2.24) is 0 Å². The van der Waals surface area contributed by atoms with E-state index in [1.165, 1.54) is 18.4 Å². The minimum absolute atomic E-state index is 0.176. The Bertz CT molecular complexity index is 375. The zero-order valence-corrected chi connectivity index (χ0v) is 9.74. The van der Waals surface area contributed by atoms with Gasteiger partial charge in [0, 0.05) is 11.7 Å². The predicted molar refractivity (Wildman–Crippen MR) is 66.2 cm³/mol. The normalized spacial score (nSPS) is 24.8. The average molecular weight is 214 g/mol. The minimum atomic E-state index is 0.176. The van der Waals surface area contributed by atoms with Gasteiger partial charge in [-0.25, -0.2) is 0 Å². The summed E-state index contributed by atoms with van der Waals surface area (Å²) in [7, 11) is 0. The maximum Gasteiger partial charge on any atom is 0.0677 e. The third-order valence-electron chi connectivity index (χ3n) is 3.34. The van der Waals surface area contributed by atoms with Crippen LogP contribution in [-0.4, -0.2) is 6.04 Å². The topological polar surface area (TPSA) is 35.8 Å². The molecule has 2 nitrogen and oxygen atoms in total. The van der Waals surface area contributed by atoms with E-state index >= 15 is 0 Å². The molecule has 0 amide bonds. The number of hydrogen-bond donors (Lipinski definition) is 1. The van der Waals surface area contributed by atoms with Gasteiger partial charge in [-0.1, -0.05) is 30.5 Å². The third-order valence-corrected chi connectivity index (χ3v) is 3.34. The predicted octanol–water partition coefficient (Wildman–Crippen LogP) is 3.49. The van der Waals surface area contributed by atoms with Crippen LogP contribution in [0.4, 0.5) is 5.69 Å². The van der Waals surface area contributed by atoms with Crippen LogP contribution in [0.15, 0.2) is 24.3 Å². The SMILES string of the molecule is Cc1ccc(NC2CCCCC2C#N)cc1. The van der Waals surface area contributed by atoms with E-state index in [0.29, 0.717) is 6.04 Å². The Morgan fingerprint density at radius 3 is 2.56 bits per heavy atom. The smallest absolute Gasteiger partial charge is 0.0677 e. The number of nitrogens with one attached hydrogen (secondary N) is 1. The van der Waals surface area contributed by atoms with Crippen molar-refractivity contribution in [3.8, 4) is 6.07 Å². The number of rotatable bonds is 2. The van der Waals surface area contributed by atoms with Gasteiger partial charge in [-0.15, -0.1) is 0 Å². The van der Waals surface area contributed by atoms with Crippen LogP contribution in [0, 0.1) is 24.2 Å². The van der Waals surface area contributed by atoms with Crippen LogP contribution >= 0.6 is 0 Å². The summed E-state index contributed by atoms with van der Waals surface area (Å²) >= 11 is 0. The molecule has 2 heteroatoms. The van der Waals surface area contributed by atoms with E-state index in [0.717, 1.165) is 18.5 Å². The summed E-state index contributed by atoms with van der Waals surface area (Å²) in [5.74, 6) is 0.176. The second kappa shape index (κ2) is 5.03. The summed E-state index contributed by atoms with van der Waals surface area (Å²) in [6.07, 6.45) is 4.60. The number of nitrogens with zero attached hydrogens (tertiary/aromatic N) is 1. The summed E-state index contributed by atoms with van der Waals surface area (Å²) in [6, 6.07) is 11.2. The number of nitriles is 1. The Balaban J connectivity index is 2.02. The van der Waals surface area contributed by atoms with E-state index < -0.39 is 0 Å². The molecule has 1 aliphatic rings. The second-order valence-electron chi connectivity index (χ2n) is 4.64. The fourth-order valence-electron chi connectivity index (χ4n) is 2.32. The number of benzene rings is 1. The molecule has 1 N–H and O–H groups in total. The molecule has 0 radical (unpaired) electrons. The molecule has 1 aromatic rings. The zero-order chi connectivity index (χ0) is 11.4. The van der Waals surface area contributed by atoms with Crippen LogP contribution in [0.1, 0.15) is 31.2 Å². The first-order valence-electron chi connectivity index (χ1n) is 6.02. The number of hydrogen-bond acceptors (Lipinski definition) is 2. The lowest BCUT2D eigenvalue weighted by molar-refractivity contribution is 0.389. The molecule has 1 aromatic carbocycles. The molecule has 0 saturated heterocycles. The lowest BCUT2D eigenvalue weighted by Gasteiger charge is -2.28. The van der Waals surface area contributed by atoms with Gasteiger partial charge in [0.15, 0.2) is 0 Å². The number of aryl methyl sites for hydroxylation is 1. The standard InChI is InChI=1S/C14H18N2/c1-11-6-8-13(9-7-11)16-14-5-3-2-4-12(14)10-15/h6-9,12,14,16H,2-5H2,1H3. The van der Waals surface area contributed by atoms with Gasteiger partial charge in [0.25, 0.3) is 0 Å². The summed E-state index contributed by atoms with van der Waals surface area (Å²) in [4.78, 5) is 0. The van der Waals surface area contributed by atoms with Gasteiger partial charge in [-0.2, -0.15) is 5.26 Å². The molecule has 0 aromatic heterocycles. The van der Waals surface area contributed by atoms with Gasteiger partial charge in [-0.3, -0.25) is 0 Å². The van der Waals surface area contributed by atoms with Crippen molar-refractivity contribution < 1.29 is 0 Å². The monoisotopic (exact) mass is 214 g/mol. The Labute approximate surface area is 97.3 Å². The lowest BCUT2D eigenvalue weighted by Crippen LogP contribution is -2.31. The van der Waals surface area contributed by atoms with Crippen LogP contribution in [0.2, 0.25) is 0 Å². The highest BCUT2D eigenvalue weighted by Gasteiger charge is 2.24. The maximum absolute atomic E-state index is 9.09. The molecule has 0 heterocycles. The van der Waals surface area contributed by atoms with Gasteiger partial charge in [0.2, 0.25) is 0 Å². The summed E-state index contributed by atoms with van der Waals surface area (Å²) in [6.45, 7) is 2.09. The largest absolute Gasteiger partial charge is 0.381 e. The maximum atomic E-state index is 9.09. The Kier molecular flexibility index (Phi) is 3.46. The van der Waals surface area contributed by atoms with Crippen molar-refractivity contribution in [2.45, 2.75) is 38.6 Å². The summed E-state index contributed by atoms with van der Waals surface area (Å²) < 4.78 is 0. The quantitative estimate of drug-likeness (QED) is 0.818. The van der Waals surface area contributed by atoms with E-state index in [1.807, 2.05) is 0 Å². The highest BCUT2D eigenvalue weighted by atomic mass is 14.9. The Hall–Kier alpha value is -1.49. The van der Waals surface area contributed by atoms with Crippen molar-refractivity contribution in [2.24, 2.45) is 5.92 Å². The van der Waals surface area contributed by atoms with Gasteiger partial charge in [-0.05, 0) is 31.9 Å². The molecule has 16 heavy (non-hydrogen) atoms. The van der Waals surface area contributed by atoms with Gasteiger partial charge in [0.1, 0.15) is 0 Å². The molecule has 1 aliphatic carbocycles. The van der Waals surface area contributed by atoms with Crippen molar-refractivity contribution in [1.29, 1.82) is 5.26 Å². The van der Waals surface area contributed by atoms with Crippen LogP contribution in [-0.2, 0) is 0 Å². The summed E-state index contributed by atoms with van der Waals surface area (Å²) in [5.41, 5.74) is 2.41. The molecule has 0 spiro atoms. The molecule has 2 atom stereocenters. The molecule has 2 unspecified atom stereocenters. The number of anilines is 1. The summed E-state index contributed by atoms with van der Waals surface area (Å²) in [5, 5.41) is 12.6. The fraction of sp³-hybridized carbons (Fsp3) is 0.500. The highest BCUT2D eigenvalue weighted by Crippen LogP contribution is 2.26. The van der Waals surface area contributed by atoms with Crippen molar-refractivity contribution in [3.05, 3.63) is 29.8 Å². The van der Waals surface area contributed by atoms with E-state index in [-0.39, 0.29) is 5.92 Å². The molecule has 1 saturated carbocycles. The van der Waals surface area contributed by atoms with Crippen molar-refractivity contribution >= 4 is 5.69 Å². The molecule has 2 rings (SSSR count). The Morgan fingerprint density at radius 2 is 1.88 bits per heavy atom. The molecular formula is C14H18N2. The molecular weight excluding hydrogens is 196 g/mol. The highest BCUT2D eigenvalue weighted by molar-refractivity contribution is 5.45. The van der Waals surface area contributed by atoms with Gasteiger partial charge >= 0.3 is 0 Å². The molecule has 1 fully saturated rings. The zero-order valence-electron chi connectivity index (χ0n) is 9.74. The molecule has 84 valence electrons.